The van der Waals surface area contributed by atoms with Crippen molar-refractivity contribution in [3.05, 3.63) is 39.7 Å². The van der Waals surface area contributed by atoms with E-state index in [0.717, 1.165) is 38.2 Å². The number of nitrogens with one attached hydrogen (secondary N) is 1. The Morgan fingerprint density at radius 2 is 2.05 bits per heavy atom. The van der Waals surface area contributed by atoms with E-state index in [1.807, 2.05) is 0 Å². The van der Waals surface area contributed by atoms with Crippen molar-refractivity contribution >= 4 is 11.3 Å². The number of rotatable bonds is 8. The van der Waals surface area contributed by atoms with E-state index in [0.29, 0.717) is 0 Å². The number of hydrogen-bond acceptors (Lipinski definition) is 4. The standard InChI is InChI=1S/C17H24N2OS/c1-13-5-6-15(11-14(13)2)16-12-21-17(19-16)7-9-18-8-4-10-20-3/h5-6,11-12,18H,4,7-10H2,1-3H3. The van der Waals surface area contributed by atoms with Crippen molar-refractivity contribution in [2.24, 2.45) is 0 Å². The maximum atomic E-state index is 5.03. The zero-order chi connectivity index (χ0) is 15.1. The van der Waals surface area contributed by atoms with Crippen LogP contribution in [0.5, 0.6) is 0 Å². The van der Waals surface area contributed by atoms with Crippen molar-refractivity contribution in [3.63, 3.8) is 0 Å². The van der Waals surface area contributed by atoms with Crippen LogP contribution in [0.25, 0.3) is 11.3 Å². The molecule has 0 amide bonds. The van der Waals surface area contributed by atoms with Crippen LogP contribution in [0.3, 0.4) is 0 Å². The second kappa shape index (κ2) is 8.27. The number of nitrogens with zero attached hydrogens (tertiary/aromatic N) is 1. The zero-order valence-electron chi connectivity index (χ0n) is 13.1. The molecule has 1 N–H and O–H groups in total. The highest BCUT2D eigenvalue weighted by atomic mass is 32.1. The van der Waals surface area contributed by atoms with Gasteiger partial charge < -0.3 is 10.1 Å². The number of aryl methyl sites for hydroxylation is 2. The Kier molecular flexibility index (Phi) is 6.36. The van der Waals surface area contributed by atoms with E-state index in [9.17, 15) is 0 Å². The summed E-state index contributed by atoms with van der Waals surface area (Å²) >= 11 is 1.75. The van der Waals surface area contributed by atoms with Crippen molar-refractivity contribution in [2.75, 3.05) is 26.8 Å². The largest absolute Gasteiger partial charge is 0.385 e. The molecule has 0 radical (unpaired) electrons. The van der Waals surface area contributed by atoms with Crippen molar-refractivity contribution in [2.45, 2.75) is 26.7 Å². The first-order chi connectivity index (χ1) is 10.2. The monoisotopic (exact) mass is 304 g/mol. The fourth-order valence-corrected chi connectivity index (χ4v) is 2.93. The van der Waals surface area contributed by atoms with E-state index in [4.69, 9.17) is 9.72 Å². The summed E-state index contributed by atoms with van der Waals surface area (Å²) in [6.07, 6.45) is 2.05. The van der Waals surface area contributed by atoms with Gasteiger partial charge in [0.15, 0.2) is 0 Å². The number of benzene rings is 1. The Balaban J connectivity index is 1.85. The molecule has 114 valence electrons. The minimum atomic E-state index is 0.821. The summed E-state index contributed by atoms with van der Waals surface area (Å²) in [5, 5.41) is 6.77. The van der Waals surface area contributed by atoms with Gasteiger partial charge in [-0.3, -0.25) is 0 Å². The molecule has 0 bridgehead atoms. The maximum Gasteiger partial charge on any atom is 0.0945 e. The molecule has 21 heavy (non-hydrogen) atoms. The van der Waals surface area contributed by atoms with Gasteiger partial charge >= 0.3 is 0 Å². The SMILES string of the molecule is COCCCNCCc1nc(-c2ccc(C)c(C)c2)cs1. The van der Waals surface area contributed by atoms with E-state index < -0.39 is 0 Å². The van der Waals surface area contributed by atoms with Crippen LogP contribution < -0.4 is 5.32 Å². The number of ether oxygens (including phenoxy) is 1. The Morgan fingerprint density at radius 1 is 1.19 bits per heavy atom. The van der Waals surface area contributed by atoms with Crippen LogP contribution in [0.2, 0.25) is 0 Å². The summed E-state index contributed by atoms with van der Waals surface area (Å²) in [6.45, 7) is 7.09. The molecule has 2 rings (SSSR count). The number of hydrogen-bond donors (Lipinski definition) is 1. The second-order valence-electron chi connectivity index (χ2n) is 5.27. The molecule has 0 aliphatic carbocycles. The highest BCUT2D eigenvalue weighted by Gasteiger charge is 2.05. The van der Waals surface area contributed by atoms with Crippen molar-refractivity contribution in [3.8, 4) is 11.3 Å². The molecule has 1 aromatic heterocycles. The van der Waals surface area contributed by atoms with Crippen LogP contribution >= 0.6 is 11.3 Å². The molecular weight excluding hydrogens is 280 g/mol. The summed E-state index contributed by atoms with van der Waals surface area (Å²) in [5.74, 6) is 0. The van der Waals surface area contributed by atoms with Crippen molar-refractivity contribution in [1.29, 1.82) is 0 Å². The molecule has 4 heteroatoms. The highest BCUT2D eigenvalue weighted by molar-refractivity contribution is 7.09. The van der Waals surface area contributed by atoms with Gasteiger partial charge in [0, 0.05) is 37.6 Å². The molecule has 1 aromatic carbocycles. The Labute approximate surface area is 131 Å². The second-order valence-corrected chi connectivity index (χ2v) is 6.21. The topological polar surface area (TPSA) is 34.1 Å². The molecule has 0 aliphatic heterocycles. The van der Waals surface area contributed by atoms with E-state index >= 15 is 0 Å². The predicted octanol–water partition coefficient (Wildman–Crippen LogP) is 3.60. The predicted molar refractivity (Wildman–Crippen MR) is 90.1 cm³/mol. The Hall–Kier alpha value is -1.23. The summed E-state index contributed by atoms with van der Waals surface area (Å²) in [6, 6.07) is 6.54. The van der Waals surface area contributed by atoms with Gasteiger partial charge in [0.05, 0.1) is 10.7 Å². The van der Waals surface area contributed by atoms with Gasteiger partial charge in [0.1, 0.15) is 0 Å². The minimum absolute atomic E-state index is 0.821. The lowest BCUT2D eigenvalue weighted by atomic mass is 10.1. The van der Waals surface area contributed by atoms with Crippen LogP contribution in [0.1, 0.15) is 22.6 Å². The Morgan fingerprint density at radius 3 is 2.81 bits per heavy atom. The van der Waals surface area contributed by atoms with Crippen molar-refractivity contribution < 1.29 is 4.74 Å². The van der Waals surface area contributed by atoms with Gasteiger partial charge in [-0.25, -0.2) is 4.98 Å². The number of thiazole rings is 1. The number of aromatic nitrogens is 1. The van der Waals surface area contributed by atoms with E-state index in [-0.39, 0.29) is 0 Å². The summed E-state index contributed by atoms with van der Waals surface area (Å²) in [5.41, 5.74) is 4.96. The summed E-state index contributed by atoms with van der Waals surface area (Å²) < 4.78 is 5.03. The van der Waals surface area contributed by atoms with Gasteiger partial charge in [0.25, 0.3) is 0 Å². The highest BCUT2D eigenvalue weighted by Crippen LogP contribution is 2.24. The van der Waals surface area contributed by atoms with Crippen molar-refractivity contribution in [1.82, 2.24) is 10.3 Å². The smallest absolute Gasteiger partial charge is 0.0945 e. The molecule has 0 spiro atoms. The van der Waals surface area contributed by atoms with Gasteiger partial charge in [-0.2, -0.15) is 0 Å². The van der Waals surface area contributed by atoms with E-state index in [2.05, 4.69) is 42.7 Å². The Bertz CT molecular complexity index is 566. The third kappa shape index (κ3) is 4.92. The van der Waals surface area contributed by atoms with Gasteiger partial charge in [-0.05, 0) is 44.0 Å². The van der Waals surface area contributed by atoms with Crippen LogP contribution in [-0.2, 0) is 11.2 Å². The molecule has 0 fully saturated rings. The lowest BCUT2D eigenvalue weighted by Crippen LogP contribution is -2.19. The molecule has 2 aromatic rings. The molecular formula is C17H24N2OS. The molecule has 3 nitrogen and oxygen atoms in total. The zero-order valence-corrected chi connectivity index (χ0v) is 13.9. The van der Waals surface area contributed by atoms with Gasteiger partial charge in [-0.1, -0.05) is 12.1 Å². The average Bonchev–Trinajstić information content (AvgIpc) is 2.94. The first kappa shape index (κ1) is 16.1. The van der Waals surface area contributed by atoms with E-state index in [1.165, 1.54) is 21.7 Å². The van der Waals surface area contributed by atoms with Crippen LogP contribution in [0, 0.1) is 13.8 Å². The molecule has 1 heterocycles. The molecule has 0 unspecified atom stereocenters. The first-order valence-electron chi connectivity index (χ1n) is 7.42. The minimum Gasteiger partial charge on any atom is -0.385 e. The third-order valence-corrected chi connectivity index (χ3v) is 4.48. The fraction of sp³-hybridized carbons (Fsp3) is 0.471. The lowest BCUT2D eigenvalue weighted by Gasteiger charge is -2.03. The van der Waals surface area contributed by atoms with Crippen LogP contribution in [-0.4, -0.2) is 31.8 Å². The maximum absolute atomic E-state index is 5.03. The molecule has 0 atom stereocenters. The summed E-state index contributed by atoms with van der Waals surface area (Å²) in [7, 11) is 1.74. The van der Waals surface area contributed by atoms with Gasteiger partial charge in [-0.15, -0.1) is 11.3 Å². The quantitative estimate of drug-likeness (QED) is 0.757. The summed E-state index contributed by atoms with van der Waals surface area (Å²) in [4.78, 5) is 4.74. The van der Waals surface area contributed by atoms with Crippen LogP contribution in [0.15, 0.2) is 23.6 Å². The van der Waals surface area contributed by atoms with E-state index in [1.54, 1.807) is 18.4 Å². The molecule has 0 aliphatic rings. The molecule has 0 saturated heterocycles. The fourth-order valence-electron chi connectivity index (χ4n) is 2.12. The average molecular weight is 304 g/mol. The normalized spacial score (nSPS) is 11.0. The third-order valence-electron chi connectivity index (χ3n) is 3.57. The van der Waals surface area contributed by atoms with Gasteiger partial charge in [0.2, 0.25) is 0 Å². The number of methoxy groups -OCH3 is 1. The first-order valence-corrected chi connectivity index (χ1v) is 8.30. The molecule has 0 saturated carbocycles. The lowest BCUT2D eigenvalue weighted by molar-refractivity contribution is 0.194. The van der Waals surface area contributed by atoms with Crippen LogP contribution in [0.4, 0.5) is 0 Å².